The molecule has 0 atom stereocenters. The van der Waals surface area contributed by atoms with Crippen molar-refractivity contribution in [3.8, 4) is 22.8 Å². The molecule has 3 rings (SSSR count). The lowest BCUT2D eigenvalue weighted by Gasteiger charge is -2.06. The van der Waals surface area contributed by atoms with Crippen LogP contribution in [0.25, 0.3) is 11.3 Å². The summed E-state index contributed by atoms with van der Waals surface area (Å²) in [5, 5.41) is 19.8. The number of carbonyl (C=O) groups excluding carboxylic acids is 1. The van der Waals surface area contributed by atoms with Gasteiger partial charge in [-0.25, -0.2) is 0 Å². The molecule has 0 aliphatic rings. The van der Waals surface area contributed by atoms with E-state index in [0.29, 0.717) is 29.2 Å². The van der Waals surface area contributed by atoms with E-state index < -0.39 is 0 Å². The summed E-state index contributed by atoms with van der Waals surface area (Å²) in [5.41, 5.74) is 4.11. The summed E-state index contributed by atoms with van der Waals surface area (Å²) in [4.78, 5) is 12.4. The minimum atomic E-state index is -0.309. The number of aromatic nitrogens is 2. The predicted molar refractivity (Wildman–Crippen MR) is 101 cm³/mol. The number of nitrogens with zero attached hydrogens (tertiary/aromatic N) is 1. The SMILES string of the molecule is CCOc1ccc(NC(=O)c2cc(-c3cc(C)c(C)cc3O)n[nH]2)cc1. The number of aryl methyl sites for hydroxylation is 2. The van der Waals surface area contributed by atoms with Crippen LogP contribution in [0.5, 0.6) is 11.5 Å². The first-order valence-corrected chi connectivity index (χ1v) is 8.38. The van der Waals surface area contributed by atoms with Gasteiger partial charge in [-0.05, 0) is 74.4 Å². The number of anilines is 1. The molecule has 3 aromatic rings. The molecular formula is C20H21N3O3. The van der Waals surface area contributed by atoms with E-state index >= 15 is 0 Å². The van der Waals surface area contributed by atoms with Gasteiger partial charge in [-0.2, -0.15) is 5.10 Å². The van der Waals surface area contributed by atoms with Crippen molar-refractivity contribution in [2.24, 2.45) is 0 Å². The van der Waals surface area contributed by atoms with Gasteiger partial charge < -0.3 is 15.2 Å². The summed E-state index contributed by atoms with van der Waals surface area (Å²) >= 11 is 0. The van der Waals surface area contributed by atoms with Crippen molar-refractivity contribution in [2.45, 2.75) is 20.8 Å². The first kappa shape index (κ1) is 17.5. The van der Waals surface area contributed by atoms with Crippen LogP contribution in [0.4, 0.5) is 5.69 Å². The average molecular weight is 351 g/mol. The van der Waals surface area contributed by atoms with Crippen molar-refractivity contribution in [1.82, 2.24) is 10.2 Å². The van der Waals surface area contributed by atoms with Crippen LogP contribution < -0.4 is 10.1 Å². The molecule has 6 nitrogen and oxygen atoms in total. The number of hydrogen-bond donors (Lipinski definition) is 3. The Kier molecular flexibility index (Phi) is 4.93. The second-order valence-electron chi connectivity index (χ2n) is 6.03. The maximum absolute atomic E-state index is 12.4. The Labute approximate surface area is 151 Å². The fraction of sp³-hybridized carbons (Fsp3) is 0.200. The van der Waals surface area contributed by atoms with Crippen LogP contribution in [0.2, 0.25) is 0 Å². The molecule has 1 heterocycles. The minimum Gasteiger partial charge on any atom is -0.507 e. The highest BCUT2D eigenvalue weighted by molar-refractivity contribution is 6.03. The van der Waals surface area contributed by atoms with Crippen LogP contribution in [0.15, 0.2) is 42.5 Å². The average Bonchev–Trinajstić information content (AvgIpc) is 3.10. The standard InChI is InChI=1S/C20H21N3O3/c1-4-26-15-7-5-14(6-8-15)21-20(25)18-11-17(22-23-18)16-9-12(2)13(3)10-19(16)24/h5-11,24H,4H2,1-3H3,(H,21,25)(H,22,23). The number of aromatic amines is 1. The molecular weight excluding hydrogens is 330 g/mol. The maximum Gasteiger partial charge on any atom is 0.273 e. The predicted octanol–water partition coefficient (Wildman–Crippen LogP) is 4.05. The summed E-state index contributed by atoms with van der Waals surface area (Å²) in [6.45, 7) is 6.40. The summed E-state index contributed by atoms with van der Waals surface area (Å²) < 4.78 is 5.38. The Hall–Kier alpha value is -3.28. The van der Waals surface area contributed by atoms with Gasteiger partial charge in [0.2, 0.25) is 0 Å². The Morgan fingerprint density at radius 1 is 1.15 bits per heavy atom. The largest absolute Gasteiger partial charge is 0.507 e. The van der Waals surface area contributed by atoms with Crippen molar-refractivity contribution < 1.29 is 14.6 Å². The number of hydrogen-bond acceptors (Lipinski definition) is 4. The first-order chi connectivity index (χ1) is 12.5. The van der Waals surface area contributed by atoms with Crippen LogP contribution in [0, 0.1) is 13.8 Å². The number of carbonyl (C=O) groups is 1. The molecule has 0 spiro atoms. The first-order valence-electron chi connectivity index (χ1n) is 8.38. The Balaban J connectivity index is 1.77. The number of benzene rings is 2. The third-order valence-electron chi connectivity index (χ3n) is 4.13. The van der Waals surface area contributed by atoms with E-state index in [-0.39, 0.29) is 11.7 Å². The van der Waals surface area contributed by atoms with E-state index in [4.69, 9.17) is 4.74 Å². The van der Waals surface area contributed by atoms with Gasteiger partial charge in [0.1, 0.15) is 17.2 Å². The lowest BCUT2D eigenvalue weighted by atomic mass is 10.0. The van der Waals surface area contributed by atoms with Crippen molar-refractivity contribution >= 4 is 11.6 Å². The molecule has 3 N–H and O–H groups in total. The lowest BCUT2D eigenvalue weighted by molar-refractivity contribution is 0.102. The highest BCUT2D eigenvalue weighted by Crippen LogP contribution is 2.31. The summed E-state index contributed by atoms with van der Waals surface area (Å²) in [6.07, 6.45) is 0. The molecule has 0 radical (unpaired) electrons. The third kappa shape index (κ3) is 3.69. The molecule has 0 aliphatic carbocycles. The van der Waals surface area contributed by atoms with Crippen LogP contribution >= 0.6 is 0 Å². The van der Waals surface area contributed by atoms with E-state index in [0.717, 1.165) is 16.9 Å². The van der Waals surface area contributed by atoms with Crippen molar-refractivity contribution in [1.29, 1.82) is 0 Å². The third-order valence-corrected chi connectivity index (χ3v) is 4.13. The molecule has 0 aliphatic heterocycles. The number of nitrogens with one attached hydrogen (secondary N) is 2. The topological polar surface area (TPSA) is 87.2 Å². The fourth-order valence-corrected chi connectivity index (χ4v) is 2.58. The monoisotopic (exact) mass is 351 g/mol. The molecule has 0 bridgehead atoms. The minimum absolute atomic E-state index is 0.137. The molecule has 1 amide bonds. The van der Waals surface area contributed by atoms with Crippen LogP contribution in [-0.2, 0) is 0 Å². The van der Waals surface area contributed by atoms with E-state index in [1.807, 2.05) is 26.8 Å². The molecule has 0 saturated carbocycles. The molecule has 6 heteroatoms. The van der Waals surface area contributed by atoms with E-state index in [2.05, 4.69) is 15.5 Å². The van der Waals surface area contributed by atoms with Gasteiger partial charge in [-0.15, -0.1) is 0 Å². The number of phenols is 1. The van der Waals surface area contributed by atoms with Gasteiger partial charge in [0.05, 0.1) is 12.3 Å². The quantitative estimate of drug-likeness (QED) is 0.647. The molecule has 134 valence electrons. The zero-order chi connectivity index (χ0) is 18.7. The highest BCUT2D eigenvalue weighted by atomic mass is 16.5. The van der Waals surface area contributed by atoms with Gasteiger partial charge in [-0.3, -0.25) is 9.89 Å². The highest BCUT2D eigenvalue weighted by Gasteiger charge is 2.14. The van der Waals surface area contributed by atoms with E-state index in [1.54, 1.807) is 36.4 Å². The summed E-state index contributed by atoms with van der Waals surface area (Å²) in [6, 6.07) is 12.3. The molecule has 1 aromatic heterocycles. The maximum atomic E-state index is 12.4. The van der Waals surface area contributed by atoms with Crippen LogP contribution in [0.1, 0.15) is 28.5 Å². The summed E-state index contributed by atoms with van der Waals surface area (Å²) in [5.74, 6) is 0.578. The molecule has 0 unspecified atom stereocenters. The number of H-pyrrole nitrogens is 1. The Morgan fingerprint density at radius 2 is 1.85 bits per heavy atom. The molecule has 26 heavy (non-hydrogen) atoms. The van der Waals surface area contributed by atoms with Crippen molar-refractivity contribution in [3.63, 3.8) is 0 Å². The normalized spacial score (nSPS) is 10.6. The van der Waals surface area contributed by atoms with Gasteiger partial charge in [0.15, 0.2) is 0 Å². The van der Waals surface area contributed by atoms with Gasteiger partial charge in [0, 0.05) is 11.3 Å². The van der Waals surface area contributed by atoms with Crippen molar-refractivity contribution in [3.05, 3.63) is 59.3 Å². The van der Waals surface area contributed by atoms with E-state index in [1.165, 1.54) is 0 Å². The smallest absolute Gasteiger partial charge is 0.273 e. The Morgan fingerprint density at radius 3 is 2.54 bits per heavy atom. The molecule has 0 fully saturated rings. The molecule has 0 saturated heterocycles. The van der Waals surface area contributed by atoms with Crippen LogP contribution in [0.3, 0.4) is 0 Å². The second kappa shape index (κ2) is 7.31. The van der Waals surface area contributed by atoms with Crippen molar-refractivity contribution in [2.75, 3.05) is 11.9 Å². The van der Waals surface area contributed by atoms with Gasteiger partial charge >= 0.3 is 0 Å². The van der Waals surface area contributed by atoms with Crippen LogP contribution in [-0.4, -0.2) is 27.8 Å². The molecule has 2 aromatic carbocycles. The fourth-order valence-electron chi connectivity index (χ4n) is 2.58. The van der Waals surface area contributed by atoms with Gasteiger partial charge in [0.25, 0.3) is 5.91 Å². The zero-order valence-corrected chi connectivity index (χ0v) is 15.0. The summed E-state index contributed by atoms with van der Waals surface area (Å²) in [7, 11) is 0. The number of aromatic hydroxyl groups is 1. The van der Waals surface area contributed by atoms with E-state index in [9.17, 15) is 9.90 Å². The number of ether oxygens (including phenoxy) is 1. The Bertz CT molecular complexity index is 930. The number of rotatable bonds is 5. The lowest BCUT2D eigenvalue weighted by Crippen LogP contribution is -2.12. The zero-order valence-electron chi connectivity index (χ0n) is 15.0. The van der Waals surface area contributed by atoms with Gasteiger partial charge in [-0.1, -0.05) is 0 Å². The number of amides is 1. The second-order valence-corrected chi connectivity index (χ2v) is 6.03. The number of phenolic OH excluding ortho intramolecular Hbond substituents is 1.